The van der Waals surface area contributed by atoms with Crippen molar-refractivity contribution < 1.29 is 14.4 Å². The fraction of sp³-hybridized carbons (Fsp3) is 0.250. The largest absolute Gasteiger partial charge is 0.478 e. The Morgan fingerprint density at radius 3 is 2.89 bits per heavy atom. The van der Waals surface area contributed by atoms with Crippen molar-refractivity contribution in [3.8, 4) is 0 Å². The Morgan fingerprint density at radius 1 is 1.47 bits per heavy atom. The smallest absolute Gasteiger partial charge is 0.335 e. The molecule has 7 heteroatoms. The molecular weight excluding hydrogens is 314 g/mol. The van der Waals surface area contributed by atoms with Crippen molar-refractivity contribution >= 4 is 27.6 Å². The molecule has 0 unspecified atom stereocenters. The van der Waals surface area contributed by atoms with E-state index in [2.05, 4.69) is 31.4 Å². The molecule has 100 valence electrons. The predicted octanol–water partition coefficient (Wildman–Crippen LogP) is 2.49. The summed E-state index contributed by atoms with van der Waals surface area (Å²) in [5, 5.41) is 15.8. The van der Waals surface area contributed by atoms with E-state index in [1.807, 2.05) is 6.07 Å². The van der Waals surface area contributed by atoms with Gasteiger partial charge in [0.1, 0.15) is 0 Å². The molecule has 1 aromatic heterocycles. The molecule has 2 aromatic rings. The van der Waals surface area contributed by atoms with Gasteiger partial charge in [-0.15, -0.1) is 0 Å². The lowest BCUT2D eigenvalue weighted by Crippen LogP contribution is -2.06. The number of carboxylic acid groups (broad SMARTS) is 1. The van der Waals surface area contributed by atoms with Crippen LogP contribution in [0.1, 0.15) is 22.1 Å². The van der Waals surface area contributed by atoms with Crippen LogP contribution < -0.4 is 5.32 Å². The highest BCUT2D eigenvalue weighted by Gasteiger charge is 2.06. The Bertz CT molecular complexity index is 598. The summed E-state index contributed by atoms with van der Waals surface area (Å²) in [6, 6.07) is 4.94. The van der Waals surface area contributed by atoms with Crippen molar-refractivity contribution in [2.24, 2.45) is 0 Å². The first-order valence-electron chi connectivity index (χ1n) is 5.61. The van der Waals surface area contributed by atoms with Gasteiger partial charge in [0.2, 0.25) is 5.89 Å². The van der Waals surface area contributed by atoms with Crippen molar-refractivity contribution in [1.82, 2.24) is 10.1 Å². The van der Waals surface area contributed by atoms with Crippen LogP contribution >= 0.6 is 15.9 Å². The van der Waals surface area contributed by atoms with E-state index in [9.17, 15) is 4.79 Å². The minimum atomic E-state index is -0.961. The van der Waals surface area contributed by atoms with Crippen LogP contribution in [0.2, 0.25) is 0 Å². The molecule has 0 aliphatic heterocycles. The van der Waals surface area contributed by atoms with Crippen LogP contribution in [0.3, 0.4) is 0 Å². The molecule has 6 nitrogen and oxygen atoms in total. The van der Waals surface area contributed by atoms with Crippen LogP contribution in [0.25, 0.3) is 0 Å². The highest BCUT2D eigenvalue weighted by Crippen LogP contribution is 2.19. The van der Waals surface area contributed by atoms with Gasteiger partial charge in [0.15, 0.2) is 5.82 Å². The molecular formula is C12H12BrN3O3. The van der Waals surface area contributed by atoms with E-state index < -0.39 is 5.97 Å². The predicted molar refractivity (Wildman–Crippen MR) is 72.3 cm³/mol. The molecule has 1 aromatic carbocycles. The number of halogens is 1. The topological polar surface area (TPSA) is 88.2 Å². The average Bonchev–Trinajstić information content (AvgIpc) is 2.74. The van der Waals surface area contributed by atoms with Crippen LogP contribution in [0, 0.1) is 6.92 Å². The molecule has 0 aliphatic carbocycles. The van der Waals surface area contributed by atoms with Gasteiger partial charge in [-0.2, -0.15) is 4.98 Å². The summed E-state index contributed by atoms with van der Waals surface area (Å²) in [7, 11) is 0. The molecule has 0 spiro atoms. The van der Waals surface area contributed by atoms with E-state index in [1.54, 1.807) is 19.1 Å². The van der Waals surface area contributed by atoms with Crippen molar-refractivity contribution in [3.63, 3.8) is 0 Å². The molecule has 2 N–H and O–H groups in total. The molecule has 0 saturated heterocycles. The third kappa shape index (κ3) is 3.78. The van der Waals surface area contributed by atoms with Gasteiger partial charge in [-0.05, 0) is 25.1 Å². The highest BCUT2D eigenvalue weighted by molar-refractivity contribution is 9.10. The van der Waals surface area contributed by atoms with Crippen LogP contribution in [0.4, 0.5) is 5.69 Å². The minimum absolute atomic E-state index is 0.227. The standard InChI is InChI=1S/C12H12BrN3O3/c1-7-15-11(19-16-7)2-3-14-10-5-8(12(17)18)4-9(13)6-10/h4-6,14H,2-3H2,1H3,(H,17,18). The summed E-state index contributed by atoms with van der Waals surface area (Å²) in [5.41, 5.74) is 0.952. The van der Waals surface area contributed by atoms with Gasteiger partial charge in [-0.3, -0.25) is 0 Å². The Hall–Kier alpha value is -1.89. The molecule has 0 saturated carbocycles. The quantitative estimate of drug-likeness (QED) is 0.878. The van der Waals surface area contributed by atoms with Crippen molar-refractivity contribution in [1.29, 1.82) is 0 Å². The lowest BCUT2D eigenvalue weighted by molar-refractivity contribution is 0.0697. The summed E-state index contributed by atoms with van der Waals surface area (Å²) in [6.07, 6.45) is 0.579. The van der Waals surface area contributed by atoms with Gasteiger partial charge in [-0.1, -0.05) is 21.1 Å². The number of nitrogens with one attached hydrogen (secondary N) is 1. The van der Waals surface area contributed by atoms with Gasteiger partial charge >= 0.3 is 5.97 Å². The van der Waals surface area contributed by atoms with Gasteiger partial charge in [-0.25, -0.2) is 4.79 Å². The number of carboxylic acids is 1. The SMILES string of the molecule is Cc1noc(CCNc2cc(Br)cc(C(=O)O)c2)n1. The molecule has 2 rings (SSSR count). The number of carbonyl (C=O) groups is 1. The van der Waals surface area contributed by atoms with Crippen molar-refractivity contribution in [2.45, 2.75) is 13.3 Å². The fourth-order valence-electron chi connectivity index (χ4n) is 1.57. The first-order valence-corrected chi connectivity index (χ1v) is 6.41. The second-order valence-electron chi connectivity index (χ2n) is 3.95. The van der Waals surface area contributed by atoms with E-state index in [0.717, 1.165) is 5.69 Å². The lowest BCUT2D eigenvalue weighted by Gasteiger charge is -2.06. The summed E-state index contributed by atoms with van der Waals surface area (Å²) in [4.78, 5) is 15.0. The number of rotatable bonds is 5. The normalized spacial score (nSPS) is 10.4. The molecule has 0 fully saturated rings. The summed E-state index contributed by atoms with van der Waals surface area (Å²) in [6.45, 7) is 2.34. The minimum Gasteiger partial charge on any atom is -0.478 e. The maximum Gasteiger partial charge on any atom is 0.335 e. The fourth-order valence-corrected chi connectivity index (χ4v) is 2.06. The number of aromatic nitrogens is 2. The van der Waals surface area contributed by atoms with Gasteiger partial charge < -0.3 is 14.9 Å². The zero-order valence-electron chi connectivity index (χ0n) is 10.2. The zero-order valence-corrected chi connectivity index (χ0v) is 11.8. The van der Waals surface area contributed by atoms with E-state index in [-0.39, 0.29) is 5.56 Å². The molecule has 0 bridgehead atoms. The molecule has 1 heterocycles. The average molecular weight is 326 g/mol. The van der Waals surface area contributed by atoms with Crippen LogP contribution in [-0.4, -0.2) is 27.8 Å². The monoisotopic (exact) mass is 325 g/mol. The lowest BCUT2D eigenvalue weighted by atomic mass is 10.2. The first kappa shape index (κ1) is 13.5. The van der Waals surface area contributed by atoms with Crippen LogP contribution in [0.15, 0.2) is 27.2 Å². The molecule has 0 atom stereocenters. The number of nitrogens with zero attached hydrogens (tertiary/aromatic N) is 2. The Kier molecular flexibility index (Phi) is 4.16. The number of aromatic carboxylic acids is 1. The second kappa shape index (κ2) is 5.83. The first-order chi connectivity index (χ1) is 9.04. The van der Waals surface area contributed by atoms with E-state index >= 15 is 0 Å². The molecule has 19 heavy (non-hydrogen) atoms. The summed E-state index contributed by atoms with van der Waals surface area (Å²) in [5.74, 6) is 0.195. The summed E-state index contributed by atoms with van der Waals surface area (Å²) >= 11 is 3.28. The Balaban J connectivity index is 1.97. The zero-order chi connectivity index (χ0) is 13.8. The third-order valence-electron chi connectivity index (χ3n) is 2.38. The maximum absolute atomic E-state index is 10.9. The number of benzene rings is 1. The Labute approximate surface area is 118 Å². The van der Waals surface area contributed by atoms with E-state index in [4.69, 9.17) is 9.63 Å². The number of hydrogen-bond donors (Lipinski definition) is 2. The van der Waals surface area contributed by atoms with E-state index in [1.165, 1.54) is 0 Å². The third-order valence-corrected chi connectivity index (χ3v) is 2.84. The number of aryl methyl sites for hydroxylation is 1. The highest BCUT2D eigenvalue weighted by atomic mass is 79.9. The van der Waals surface area contributed by atoms with Gasteiger partial charge in [0.05, 0.1) is 5.56 Å². The van der Waals surface area contributed by atoms with E-state index in [0.29, 0.717) is 29.2 Å². The van der Waals surface area contributed by atoms with Crippen LogP contribution in [0.5, 0.6) is 0 Å². The molecule has 0 radical (unpaired) electrons. The van der Waals surface area contributed by atoms with Crippen LogP contribution in [-0.2, 0) is 6.42 Å². The molecule has 0 aliphatic rings. The van der Waals surface area contributed by atoms with Crippen molar-refractivity contribution in [2.75, 3.05) is 11.9 Å². The molecule has 0 amide bonds. The Morgan fingerprint density at radius 2 is 2.26 bits per heavy atom. The van der Waals surface area contributed by atoms with Crippen molar-refractivity contribution in [3.05, 3.63) is 40.0 Å². The van der Waals surface area contributed by atoms with Gasteiger partial charge in [0, 0.05) is 23.1 Å². The summed E-state index contributed by atoms with van der Waals surface area (Å²) < 4.78 is 5.70. The van der Waals surface area contributed by atoms with Gasteiger partial charge in [0.25, 0.3) is 0 Å². The second-order valence-corrected chi connectivity index (χ2v) is 4.86. The number of hydrogen-bond acceptors (Lipinski definition) is 5. The number of anilines is 1. The maximum atomic E-state index is 10.9.